The molecule has 1 amide bonds. The third-order valence-electron chi connectivity index (χ3n) is 3.24. The van der Waals surface area contributed by atoms with Gasteiger partial charge in [-0.3, -0.25) is 4.79 Å². The summed E-state index contributed by atoms with van der Waals surface area (Å²) in [5.74, 6) is -5.33. The Morgan fingerprint density at radius 3 is 2.48 bits per heavy atom. The van der Waals surface area contributed by atoms with Gasteiger partial charge in [0.1, 0.15) is 0 Å². The van der Waals surface area contributed by atoms with E-state index in [2.05, 4.69) is 15.5 Å². The molecule has 0 aliphatic rings. The molecule has 2 aromatic carbocycles. The number of benzene rings is 2. The highest BCUT2D eigenvalue weighted by atomic mass is 35.5. The molecule has 5 nitrogen and oxygen atoms in total. The lowest BCUT2D eigenvalue weighted by molar-refractivity contribution is 0.0942. The van der Waals surface area contributed by atoms with Crippen molar-refractivity contribution in [2.24, 2.45) is 0 Å². The van der Waals surface area contributed by atoms with E-state index in [0.29, 0.717) is 16.7 Å². The van der Waals surface area contributed by atoms with Gasteiger partial charge in [-0.15, -0.1) is 10.2 Å². The lowest BCUT2D eigenvalue weighted by Crippen LogP contribution is -2.24. The van der Waals surface area contributed by atoms with Gasteiger partial charge in [0.15, 0.2) is 17.5 Å². The van der Waals surface area contributed by atoms with Crippen LogP contribution in [0.2, 0.25) is 5.02 Å². The van der Waals surface area contributed by atoms with Gasteiger partial charge in [0, 0.05) is 10.6 Å². The van der Waals surface area contributed by atoms with Gasteiger partial charge in [0.05, 0.1) is 12.1 Å². The Bertz CT molecular complexity index is 929. The first-order chi connectivity index (χ1) is 12.0. The van der Waals surface area contributed by atoms with Crippen molar-refractivity contribution in [3.8, 4) is 11.5 Å². The zero-order chi connectivity index (χ0) is 18.0. The monoisotopic (exact) mass is 367 g/mol. The van der Waals surface area contributed by atoms with E-state index < -0.39 is 28.9 Å². The number of aromatic nitrogens is 2. The average Bonchev–Trinajstić information content (AvgIpc) is 3.07. The minimum Gasteiger partial charge on any atom is -0.419 e. The van der Waals surface area contributed by atoms with Crippen molar-refractivity contribution in [3.63, 3.8) is 0 Å². The van der Waals surface area contributed by atoms with Crippen molar-refractivity contribution in [1.82, 2.24) is 15.5 Å². The summed E-state index contributed by atoms with van der Waals surface area (Å²) in [6, 6.07) is 8.15. The minimum absolute atomic E-state index is 0.0568. The Labute approximate surface area is 144 Å². The van der Waals surface area contributed by atoms with Crippen molar-refractivity contribution in [1.29, 1.82) is 0 Å². The first kappa shape index (κ1) is 17.0. The summed E-state index contributed by atoms with van der Waals surface area (Å²) in [6.45, 7) is -0.210. The standard InChI is InChI=1S/C16H9ClF3N3O2/c17-9-3-1-8(2-4-9)16-23-22-12(25-16)7-21-15(24)10-5-6-11(18)14(20)13(10)19/h1-6H,7H2,(H,21,24). The molecule has 9 heteroatoms. The van der Waals surface area contributed by atoms with Crippen LogP contribution in [0.15, 0.2) is 40.8 Å². The number of rotatable bonds is 4. The Hall–Kier alpha value is -2.87. The van der Waals surface area contributed by atoms with Crippen LogP contribution in [-0.4, -0.2) is 16.1 Å². The third-order valence-corrected chi connectivity index (χ3v) is 3.49. The first-order valence-electron chi connectivity index (χ1n) is 6.95. The lowest BCUT2D eigenvalue weighted by atomic mass is 10.2. The van der Waals surface area contributed by atoms with Gasteiger partial charge >= 0.3 is 0 Å². The normalized spacial score (nSPS) is 10.7. The summed E-state index contributed by atoms with van der Waals surface area (Å²) in [7, 11) is 0. The molecule has 0 unspecified atom stereocenters. The van der Waals surface area contributed by atoms with Crippen LogP contribution < -0.4 is 5.32 Å². The smallest absolute Gasteiger partial charge is 0.254 e. The van der Waals surface area contributed by atoms with Crippen molar-refractivity contribution in [2.45, 2.75) is 6.54 Å². The van der Waals surface area contributed by atoms with Crippen LogP contribution in [0.25, 0.3) is 11.5 Å². The second-order valence-electron chi connectivity index (χ2n) is 4.91. The average molecular weight is 368 g/mol. The Balaban J connectivity index is 1.69. The molecule has 25 heavy (non-hydrogen) atoms. The van der Waals surface area contributed by atoms with Crippen LogP contribution >= 0.6 is 11.6 Å². The Morgan fingerprint density at radius 1 is 1.04 bits per heavy atom. The molecule has 128 valence electrons. The van der Waals surface area contributed by atoms with Gasteiger partial charge in [-0.1, -0.05) is 11.6 Å². The molecule has 1 heterocycles. The van der Waals surface area contributed by atoms with Crippen molar-refractivity contribution >= 4 is 17.5 Å². The fourth-order valence-electron chi connectivity index (χ4n) is 1.99. The zero-order valence-electron chi connectivity index (χ0n) is 12.4. The molecule has 3 aromatic rings. The van der Waals surface area contributed by atoms with Crippen LogP contribution in [0.3, 0.4) is 0 Å². The summed E-state index contributed by atoms with van der Waals surface area (Å²) < 4.78 is 44.9. The summed E-state index contributed by atoms with van der Waals surface area (Å²) in [5.41, 5.74) is -0.00235. The van der Waals surface area contributed by atoms with Crippen molar-refractivity contribution < 1.29 is 22.4 Å². The molecule has 0 aliphatic carbocycles. The molecule has 1 N–H and O–H groups in total. The van der Waals surface area contributed by atoms with E-state index in [4.69, 9.17) is 16.0 Å². The molecule has 0 fully saturated rings. The van der Waals surface area contributed by atoms with Gasteiger partial charge in [0.25, 0.3) is 5.91 Å². The minimum atomic E-state index is -1.71. The Kier molecular flexibility index (Phi) is 4.71. The number of carbonyl (C=O) groups excluding carboxylic acids is 1. The van der Waals surface area contributed by atoms with E-state index in [1.54, 1.807) is 24.3 Å². The lowest BCUT2D eigenvalue weighted by Gasteiger charge is -2.05. The van der Waals surface area contributed by atoms with Crippen LogP contribution in [0.4, 0.5) is 13.2 Å². The summed E-state index contributed by atoms with van der Waals surface area (Å²) in [4.78, 5) is 11.9. The fraction of sp³-hybridized carbons (Fsp3) is 0.0625. The Morgan fingerprint density at radius 2 is 1.76 bits per heavy atom. The molecular formula is C16H9ClF3N3O2. The molecule has 0 aliphatic heterocycles. The van der Waals surface area contributed by atoms with E-state index in [1.165, 1.54) is 0 Å². The second-order valence-corrected chi connectivity index (χ2v) is 5.35. The highest BCUT2D eigenvalue weighted by Gasteiger charge is 2.19. The SMILES string of the molecule is O=C(NCc1nnc(-c2ccc(Cl)cc2)o1)c1ccc(F)c(F)c1F. The summed E-state index contributed by atoms with van der Waals surface area (Å²) >= 11 is 5.79. The second kappa shape index (κ2) is 6.94. The topological polar surface area (TPSA) is 68.0 Å². The summed E-state index contributed by atoms with van der Waals surface area (Å²) in [5, 5.41) is 10.4. The molecule has 0 radical (unpaired) electrons. The number of halogens is 4. The van der Waals surface area contributed by atoms with Crippen LogP contribution in [0, 0.1) is 17.5 Å². The number of carbonyl (C=O) groups is 1. The number of amides is 1. The van der Waals surface area contributed by atoms with Gasteiger partial charge in [-0.2, -0.15) is 0 Å². The molecule has 0 saturated carbocycles. The summed E-state index contributed by atoms with van der Waals surface area (Å²) in [6.07, 6.45) is 0. The van der Waals surface area contributed by atoms with Crippen LogP contribution in [0.5, 0.6) is 0 Å². The molecule has 3 rings (SSSR count). The third kappa shape index (κ3) is 3.63. The largest absolute Gasteiger partial charge is 0.419 e. The van der Waals surface area contributed by atoms with Crippen LogP contribution in [-0.2, 0) is 6.54 Å². The maximum Gasteiger partial charge on any atom is 0.254 e. The van der Waals surface area contributed by atoms with E-state index >= 15 is 0 Å². The fourth-order valence-corrected chi connectivity index (χ4v) is 2.11. The maximum absolute atomic E-state index is 13.6. The molecule has 0 saturated heterocycles. The van der Waals surface area contributed by atoms with E-state index in [1.807, 2.05) is 0 Å². The van der Waals surface area contributed by atoms with E-state index in [9.17, 15) is 18.0 Å². The highest BCUT2D eigenvalue weighted by Crippen LogP contribution is 2.20. The predicted molar refractivity (Wildman–Crippen MR) is 82.2 cm³/mol. The number of nitrogens with one attached hydrogen (secondary N) is 1. The molecule has 0 bridgehead atoms. The zero-order valence-corrected chi connectivity index (χ0v) is 13.1. The quantitative estimate of drug-likeness (QED) is 0.713. The predicted octanol–water partition coefficient (Wildman–Crippen LogP) is 3.74. The van der Waals surface area contributed by atoms with Gasteiger partial charge < -0.3 is 9.73 Å². The molecule has 0 atom stereocenters. The molecule has 1 aromatic heterocycles. The first-order valence-corrected chi connectivity index (χ1v) is 7.33. The molecular weight excluding hydrogens is 359 g/mol. The van der Waals surface area contributed by atoms with Gasteiger partial charge in [0.2, 0.25) is 11.8 Å². The van der Waals surface area contributed by atoms with Crippen molar-refractivity contribution in [3.05, 3.63) is 70.3 Å². The van der Waals surface area contributed by atoms with E-state index in [-0.39, 0.29) is 18.3 Å². The highest BCUT2D eigenvalue weighted by molar-refractivity contribution is 6.30. The van der Waals surface area contributed by atoms with Crippen molar-refractivity contribution in [2.75, 3.05) is 0 Å². The van der Waals surface area contributed by atoms with E-state index in [0.717, 1.165) is 6.07 Å². The number of hydrogen-bond acceptors (Lipinski definition) is 4. The van der Waals surface area contributed by atoms with Gasteiger partial charge in [-0.25, -0.2) is 13.2 Å². The van der Waals surface area contributed by atoms with Gasteiger partial charge in [-0.05, 0) is 36.4 Å². The van der Waals surface area contributed by atoms with Crippen LogP contribution in [0.1, 0.15) is 16.2 Å². The number of hydrogen-bond donors (Lipinski definition) is 1. The molecule has 0 spiro atoms. The number of nitrogens with zero attached hydrogens (tertiary/aromatic N) is 2. The maximum atomic E-state index is 13.6.